The Morgan fingerprint density at radius 3 is 2.80 bits per heavy atom. The number of halogens is 1. The van der Waals surface area contributed by atoms with Gasteiger partial charge >= 0.3 is 0 Å². The highest BCUT2D eigenvalue weighted by atomic mass is 35.5. The predicted molar refractivity (Wildman–Crippen MR) is 77.0 cm³/mol. The largest absolute Gasteiger partial charge is 0.339 e. The molecule has 1 aromatic rings. The van der Waals surface area contributed by atoms with Gasteiger partial charge < -0.3 is 4.90 Å². The lowest BCUT2D eigenvalue weighted by Crippen LogP contribution is -2.32. The van der Waals surface area contributed by atoms with Crippen molar-refractivity contribution < 1.29 is 9.72 Å². The maximum atomic E-state index is 12.4. The molecule has 1 atom stereocenters. The number of non-ortho nitro benzene ring substituents is 1. The summed E-state index contributed by atoms with van der Waals surface area (Å²) in [6, 6.07) is 3.99. The van der Waals surface area contributed by atoms with Gasteiger partial charge in [0, 0.05) is 25.2 Å². The molecule has 1 amide bonds. The van der Waals surface area contributed by atoms with Gasteiger partial charge in [0.05, 0.1) is 15.5 Å². The molecule has 0 bridgehead atoms. The minimum atomic E-state index is -0.520. The third-order valence-corrected chi connectivity index (χ3v) is 4.01. The number of nitro benzene ring substituents is 1. The molecule has 1 aliphatic heterocycles. The number of carbonyl (C=O) groups excluding carboxylic acids is 1. The van der Waals surface area contributed by atoms with Crippen molar-refractivity contribution in [3.63, 3.8) is 0 Å². The summed E-state index contributed by atoms with van der Waals surface area (Å²) in [6.07, 6.45) is 3.09. The molecule has 6 heteroatoms. The Hall–Kier alpha value is -1.62. The molecular weight excluding hydrogens is 280 g/mol. The smallest absolute Gasteiger partial charge is 0.270 e. The van der Waals surface area contributed by atoms with Crippen LogP contribution >= 0.6 is 11.6 Å². The van der Waals surface area contributed by atoms with E-state index >= 15 is 0 Å². The fraction of sp³-hybridized carbons (Fsp3) is 0.500. The average Bonchev–Trinajstić information content (AvgIpc) is 2.62. The first kappa shape index (κ1) is 14.8. The SMILES string of the molecule is CC1CCCN(C(=O)c2ccc([N+](=O)[O-])cc2Cl)CC1. The first-order valence-electron chi connectivity index (χ1n) is 6.72. The zero-order valence-electron chi connectivity index (χ0n) is 11.3. The van der Waals surface area contributed by atoms with Crippen molar-refractivity contribution in [1.82, 2.24) is 4.90 Å². The molecule has 1 unspecified atom stereocenters. The van der Waals surface area contributed by atoms with E-state index in [4.69, 9.17) is 11.6 Å². The van der Waals surface area contributed by atoms with Crippen molar-refractivity contribution in [3.05, 3.63) is 38.9 Å². The van der Waals surface area contributed by atoms with Gasteiger partial charge in [-0.15, -0.1) is 0 Å². The minimum absolute atomic E-state index is 0.101. The van der Waals surface area contributed by atoms with Crippen molar-refractivity contribution in [3.8, 4) is 0 Å². The number of hydrogen-bond acceptors (Lipinski definition) is 3. The van der Waals surface area contributed by atoms with Gasteiger partial charge in [-0.2, -0.15) is 0 Å². The van der Waals surface area contributed by atoms with Crippen LogP contribution in [0.1, 0.15) is 36.5 Å². The van der Waals surface area contributed by atoms with Crippen molar-refractivity contribution in [1.29, 1.82) is 0 Å². The van der Waals surface area contributed by atoms with Crippen LogP contribution in [0.15, 0.2) is 18.2 Å². The van der Waals surface area contributed by atoms with Gasteiger partial charge in [-0.1, -0.05) is 18.5 Å². The third-order valence-electron chi connectivity index (χ3n) is 3.70. The number of amides is 1. The number of nitro groups is 1. The fourth-order valence-corrected chi connectivity index (χ4v) is 2.68. The van der Waals surface area contributed by atoms with Crippen LogP contribution in [0.2, 0.25) is 5.02 Å². The van der Waals surface area contributed by atoms with Crippen LogP contribution in [0.3, 0.4) is 0 Å². The second-order valence-electron chi connectivity index (χ2n) is 5.25. The molecule has 108 valence electrons. The molecule has 1 heterocycles. The Balaban J connectivity index is 2.18. The maximum Gasteiger partial charge on any atom is 0.270 e. The second kappa shape index (κ2) is 6.22. The van der Waals surface area contributed by atoms with E-state index in [0.717, 1.165) is 25.8 Å². The summed E-state index contributed by atoms with van der Waals surface area (Å²) in [7, 11) is 0. The monoisotopic (exact) mass is 296 g/mol. The Morgan fingerprint density at radius 2 is 2.15 bits per heavy atom. The zero-order chi connectivity index (χ0) is 14.7. The van der Waals surface area contributed by atoms with Crippen LogP contribution in [0, 0.1) is 16.0 Å². The van der Waals surface area contributed by atoms with E-state index in [2.05, 4.69) is 6.92 Å². The molecule has 0 aromatic heterocycles. The molecular formula is C14H17ClN2O3. The van der Waals surface area contributed by atoms with Crippen molar-refractivity contribution in [2.45, 2.75) is 26.2 Å². The lowest BCUT2D eigenvalue weighted by atomic mass is 10.0. The topological polar surface area (TPSA) is 63.5 Å². The summed E-state index contributed by atoms with van der Waals surface area (Å²) in [5.74, 6) is 0.485. The molecule has 5 nitrogen and oxygen atoms in total. The molecule has 2 rings (SSSR count). The summed E-state index contributed by atoms with van der Waals surface area (Å²) in [6.45, 7) is 3.62. The van der Waals surface area contributed by atoms with E-state index in [-0.39, 0.29) is 16.6 Å². The van der Waals surface area contributed by atoms with E-state index in [9.17, 15) is 14.9 Å². The predicted octanol–water partition coefficient (Wildman–Crippen LogP) is 3.51. The van der Waals surface area contributed by atoms with Gasteiger partial charge in [0.2, 0.25) is 0 Å². The highest BCUT2D eigenvalue weighted by Crippen LogP contribution is 2.25. The summed E-state index contributed by atoms with van der Waals surface area (Å²) >= 11 is 6.01. The average molecular weight is 297 g/mol. The second-order valence-corrected chi connectivity index (χ2v) is 5.66. The van der Waals surface area contributed by atoms with Crippen molar-refractivity contribution >= 4 is 23.2 Å². The molecule has 1 saturated heterocycles. The molecule has 0 saturated carbocycles. The Bertz CT molecular complexity index is 533. The fourth-order valence-electron chi connectivity index (χ4n) is 2.43. The Labute approximate surface area is 122 Å². The summed E-state index contributed by atoms with van der Waals surface area (Å²) in [5.41, 5.74) is 0.239. The maximum absolute atomic E-state index is 12.4. The first-order chi connectivity index (χ1) is 9.49. The van der Waals surface area contributed by atoms with Gasteiger partial charge in [-0.05, 0) is 31.2 Å². The van der Waals surface area contributed by atoms with Crippen LogP contribution in [0.25, 0.3) is 0 Å². The van der Waals surface area contributed by atoms with Gasteiger partial charge in [0.1, 0.15) is 0 Å². The molecule has 20 heavy (non-hydrogen) atoms. The van der Waals surface area contributed by atoms with Gasteiger partial charge in [-0.25, -0.2) is 0 Å². The van der Waals surface area contributed by atoms with E-state index in [1.54, 1.807) is 4.90 Å². The van der Waals surface area contributed by atoms with E-state index < -0.39 is 4.92 Å². The van der Waals surface area contributed by atoms with Crippen LogP contribution in [0.4, 0.5) is 5.69 Å². The van der Waals surface area contributed by atoms with E-state index in [1.165, 1.54) is 18.2 Å². The molecule has 0 N–H and O–H groups in total. The number of hydrogen-bond donors (Lipinski definition) is 0. The summed E-state index contributed by atoms with van der Waals surface area (Å²) in [4.78, 5) is 24.4. The van der Waals surface area contributed by atoms with Gasteiger partial charge in [-0.3, -0.25) is 14.9 Å². The molecule has 1 fully saturated rings. The normalized spacial score (nSPS) is 19.5. The van der Waals surface area contributed by atoms with Crippen LogP contribution < -0.4 is 0 Å². The quantitative estimate of drug-likeness (QED) is 0.619. The summed E-state index contributed by atoms with van der Waals surface area (Å²) in [5, 5.41) is 10.8. The third kappa shape index (κ3) is 3.28. The van der Waals surface area contributed by atoms with Crippen molar-refractivity contribution in [2.75, 3.05) is 13.1 Å². The first-order valence-corrected chi connectivity index (χ1v) is 7.10. The van der Waals surface area contributed by atoms with E-state index in [0.29, 0.717) is 18.0 Å². The number of benzene rings is 1. The Kier molecular flexibility index (Phi) is 4.60. The molecule has 1 aromatic carbocycles. The van der Waals surface area contributed by atoms with Crippen LogP contribution in [-0.4, -0.2) is 28.8 Å². The number of likely N-dealkylation sites (tertiary alicyclic amines) is 1. The highest BCUT2D eigenvalue weighted by Gasteiger charge is 2.22. The van der Waals surface area contributed by atoms with E-state index in [1.807, 2.05) is 0 Å². The van der Waals surface area contributed by atoms with Gasteiger partial charge in [0.25, 0.3) is 11.6 Å². The number of rotatable bonds is 2. The Morgan fingerprint density at radius 1 is 1.40 bits per heavy atom. The molecule has 0 aliphatic carbocycles. The number of carbonyl (C=O) groups is 1. The van der Waals surface area contributed by atoms with Gasteiger partial charge in [0.15, 0.2) is 0 Å². The van der Waals surface area contributed by atoms with Crippen LogP contribution in [0.5, 0.6) is 0 Å². The highest BCUT2D eigenvalue weighted by molar-refractivity contribution is 6.34. The summed E-state index contributed by atoms with van der Waals surface area (Å²) < 4.78 is 0. The standard InChI is InChI=1S/C14H17ClN2O3/c1-10-3-2-7-16(8-6-10)14(18)12-5-4-11(17(19)20)9-13(12)15/h4-5,9-10H,2-3,6-8H2,1H3. The zero-order valence-corrected chi connectivity index (χ0v) is 12.1. The van der Waals surface area contributed by atoms with Crippen molar-refractivity contribution in [2.24, 2.45) is 5.92 Å². The lowest BCUT2D eigenvalue weighted by Gasteiger charge is -2.21. The molecule has 0 spiro atoms. The van der Waals surface area contributed by atoms with Crippen LogP contribution in [-0.2, 0) is 0 Å². The number of nitrogens with zero attached hydrogens (tertiary/aromatic N) is 2. The molecule has 1 aliphatic rings. The molecule has 0 radical (unpaired) electrons. The minimum Gasteiger partial charge on any atom is -0.339 e. The lowest BCUT2D eigenvalue weighted by molar-refractivity contribution is -0.384.